The molecule has 1 aromatic heterocycles. The zero-order valence-electron chi connectivity index (χ0n) is 16.3. The maximum Gasteiger partial charge on any atom is 0.261 e. The van der Waals surface area contributed by atoms with Crippen molar-refractivity contribution in [2.24, 2.45) is 0 Å². The average Bonchev–Trinajstić information content (AvgIpc) is 3.11. The highest BCUT2D eigenvalue weighted by Gasteiger charge is 2.22. The van der Waals surface area contributed by atoms with E-state index in [1.54, 1.807) is 13.0 Å². The minimum atomic E-state index is -0.256. The van der Waals surface area contributed by atoms with Gasteiger partial charge in [0.2, 0.25) is 5.91 Å². The lowest BCUT2D eigenvalue weighted by Gasteiger charge is -2.31. The first kappa shape index (κ1) is 20.5. The number of rotatable bonds is 6. The van der Waals surface area contributed by atoms with Crippen molar-refractivity contribution in [2.75, 3.05) is 19.6 Å². The first-order valence-corrected chi connectivity index (χ1v) is 10.3. The summed E-state index contributed by atoms with van der Waals surface area (Å²) in [7, 11) is 0. The van der Waals surface area contributed by atoms with Gasteiger partial charge in [-0.05, 0) is 56.0 Å². The van der Waals surface area contributed by atoms with Crippen molar-refractivity contribution in [1.82, 2.24) is 15.5 Å². The molecule has 0 radical (unpaired) electrons. The molecule has 1 aromatic carbocycles. The van der Waals surface area contributed by atoms with Crippen LogP contribution in [0.4, 0.5) is 4.39 Å². The quantitative estimate of drug-likeness (QED) is 0.779. The molecular weight excluding hydrogens is 377 g/mol. The van der Waals surface area contributed by atoms with E-state index in [9.17, 15) is 14.0 Å². The van der Waals surface area contributed by atoms with Crippen molar-refractivity contribution >= 4 is 23.2 Å². The van der Waals surface area contributed by atoms with Crippen molar-refractivity contribution in [2.45, 2.75) is 39.3 Å². The Labute approximate surface area is 168 Å². The number of aryl methyl sites for hydroxylation is 2. The molecule has 2 amide bonds. The molecule has 2 N–H and O–H groups in total. The molecule has 0 atom stereocenters. The lowest BCUT2D eigenvalue weighted by atomic mass is 10.0. The Balaban J connectivity index is 1.38. The number of nitrogens with one attached hydrogen (secondary N) is 2. The van der Waals surface area contributed by atoms with Crippen molar-refractivity contribution in [3.8, 4) is 0 Å². The number of carbonyl (C=O) groups is 2. The smallest absolute Gasteiger partial charge is 0.261 e. The molecule has 1 saturated heterocycles. The lowest BCUT2D eigenvalue weighted by Crippen LogP contribution is -2.47. The standard InChI is InChI=1S/C21H26FN3O2S/c1-14-3-5-16(11-18(14)22)12-23-20(26)13-25-9-7-17(8-10-25)24-21(27)19-6-4-15(2)28-19/h3-6,11,17H,7-10,12-13H2,1-2H3,(H,23,26)(H,24,27). The van der Waals surface area contributed by atoms with E-state index in [2.05, 4.69) is 15.5 Å². The minimum absolute atomic E-state index is 0.0142. The third-order valence-electron chi connectivity index (χ3n) is 4.98. The van der Waals surface area contributed by atoms with Gasteiger partial charge < -0.3 is 10.6 Å². The Bertz CT molecular complexity index is 844. The first-order valence-electron chi connectivity index (χ1n) is 9.52. The van der Waals surface area contributed by atoms with Crippen molar-refractivity contribution in [3.05, 3.63) is 57.0 Å². The fourth-order valence-electron chi connectivity index (χ4n) is 3.25. The summed E-state index contributed by atoms with van der Waals surface area (Å²) in [6, 6.07) is 8.94. The van der Waals surface area contributed by atoms with Gasteiger partial charge in [0.05, 0.1) is 11.4 Å². The Morgan fingerprint density at radius 1 is 1.18 bits per heavy atom. The van der Waals surface area contributed by atoms with Crippen LogP contribution in [0.5, 0.6) is 0 Å². The zero-order valence-corrected chi connectivity index (χ0v) is 17.1. The van der Waals surface area contributed by atoms with E-state index in [0.29, 0.717) is 18.7 Å². The van der Waals surface area contributed by atoms with E-state index >= 15 is 0 Å². The summed E-state index contributed by atoms with van der Waals surface area (Å²) in [4.78, 5) is 28.4. The van der Waals surface area contributed by atoms with Crippen LogP contribution in [0.2, 0.25) is 0 Å². The van der Waals surface area contributed by atoms with E-state index in [-0.39, 0.29) is 23.7 Å². The van der Waals surface area contributed by atoms with Crippen LogP contribution in [0, 0.1) is 19.7 Å². The normalized spacial score (nSPS) is 15.4. The molecular formula is C21H26FN3O2S. The molecule has 0 bridgehead atoms. The number of benzene rings is 1. The van der Waals surface area contributed by atoms with Gasteiger partial charge in [-0.15, -0.1) is 11.3 Å². The van der Waals surface area contributed by atoms with Gasteiger partial charge in [0, 0.05) is 30.6 Å². The van der Waals surface area contributed by atoms with Crippen LogP contribution in [0.25, 0.3) is 0 Å². The summed E-state index contributed by atoms with van der Waals surface area (Å²) < 4.78 is 13.6. The lowest BCUT2D eigenvalue weighted by molar-refractivity contribution is -0.122. The molecule has 150 valence electrons. The van der Waals surface area contributed by atoms with E-state index in [1.165, 1.54) is 17.4 Å². The summed E-state index contributed by atoms with van der Waals surface area (Å²) in [6.07, 6.45) is 1.65. The van der Waals surface area contributed by atoms with Crippen LogP contribution in [-0.4, -0.2) is 42.4 Å². The number of nitrogens with zero attached hydrogens (tertiary/aromatic N) is 1. The Hall–Kier alpha value is -2.25. The van der Waals surface area contributed by atoms with Crippen LogP contribution in [0.15, 0.2) is 30.3 Å². The second-order valence-electron chi connectivity index (χ2n) is 7.29. The van der Waals surface area contributed by atoms with Gasteiger partial charge in [-0.25, -0.2) is 4.39 Å². The fourth-order valence-corrected chi connectivity index (χ4v) is 4.03. The molecule has 1 aliphatic heterocycles. The minimum Gasteiger partial charge on any atom is -0.351 e. The summed E-state index contributed by atoms with van der Waals surface area (Å²) >= 11 is 1.50. The Morgan fingerprint density at radius 3 is 2.57 bits per heavy atom. The second-order valence-corrected chi connectivity index (χ2v) is 8.58. The number of thiophene rings is 1. The van der Waals surface area contributed by atoms with Crippen molar-refractivity contribution in [3.63, 3.8) is 0 Å². The molecule has 2 aromatic rings. The van der Waals surface area contributed by atoms with Crippen LogP contribution in [0.3, 0.4) is 0 Å². The maximum atomic E-state index is 13.6. The van der Waals surface area contributed by atoms with Crippen LogP contribution in [-0.2, 0) is 11.3 Å². The molecule has 1 fully saturated rings. The number of carbonyl (C=O) groups excluding carboxylic acids is 2. The van der Waals surface area contributed by atoms with Crippen LogP contribution < -0.4 is 10.6 Å². The molecule has 5 nitrogen and oxygen atoms in total. The summed E-state index contributed by atoms with van der Waals surface area (Å²) in [6.45, 7) is 5.87. The third kappa shape index (κ3) is 5.62. The van der Waals surface area contributed by atoms with Gasteiger partial charge in [0.25, 0.3) is 5.91 Å². The summed E-state index contributed by atoms with van der Waals surface area (Å²) in [5.74, 6) is -0.342. The SMILES string of the molecule is Cc1ccc(C(=O)NC2CCN(CC(=O)NCc3ccc(C)c(F)c3)CC2)s1. The number of hydrogen-bond donors (Lipinski definition) is 2. The first-order chi connectivity index (χ1) is 13.4. The summed E-state index contributed by atoms with van der Waals surface area (Å²) in [5, 5.41) is 5.93. The van der Waals surface area contributed by atoms with Crippen LogP contribution >= 0.6 is 11.3 Å². The second kappa shape index (κ2) is 9.30. The highest BCUT2D eigenvalue weighted by atomic mass is 32.1. The number of halogens is 1. The predicted molar refractivity (Wildman–Crippen MR) is 109 cm³/mol. The Morgan fingerprint density at radius 2 is 1.93 bits per heavy atom. The van der Waals surface area contributed by atoms with Crippen molar-refractivity contribution in [1.29, 1.82) is 0 Å². The average molecular weight is 404 g/mol. The molecule has 28 heavy (non-hydrogen) atoms. The van der Waals surface area contributed by atoms with Gasteiger partial charge >= 0.3 is 0 Å². The fraction of sp³-hybridized carbons (Fsp3) is 0.429. The largest absolute Gasteiger partial charge is 0.351 e. The molecule has 0 saturated carbocycles. The molecule has 2 heterocycles. The van der Waals surface area contributed by atoms with Gasteiger partial charge in [-0.3, -0.25) is 14.5 Å². The summed E-state index contributed by atoms with van der Waals surface area (Å²) in [5.41, 5.74) is 1.35. The zero-order chi connectivity index (χ0) is 20.1. The number of hydrogen-bond acceptors (Lipinski definition) is 4. The number of amides is 2. The molecule has 0 unspecified atom stereocenters. The topological polar surface area (TPSA) is 61.4 Å². The molecule has 3 rings (SSSR count). The maximum absolute atomic E-state index is 13.6. The van der Waals surface area contributed by atoms with E-state index < -0.39 is 0 Å². The predicted octanol–water partition coefficient (Wildman–Crippen LogP) is 3.01. The van der Waals surface area contributed by atoms with Crippen molar-refractivity contribution < 1.29 is 14.0 Å². The van der Waals surface area contributed by atoms with Gasteiger partial charge in [0.15, 0.2) is 0 Å². The molecule has 0 aliphatic carbocycles. The Kier molecular flexibility index (Phi) is 6.80. The molecule has 0 spiro atoms. The van der Waals surface area contributed by atoms with E-state index in [4.69, 9.17) is 0 Å². The van der Waals surface area contributed by atoms with Gasteiger partial charge in [-0.1, -0.05) is 12.1 Å². The highest BCUT2D eigenvalue weighted by Crippen LogP contribution is 2.17. The highest BCUT2D eigenvalue weighted by molar-refractivity contribution is 7.13. The number of likely N-dealkylation sites (tertiary alicyclic amines) is 1. The van der Waals surface area contributed by atoms with Crippen LogP contribution in [0.1, 0.15) is 38.5 Å². The molecule has 1 aliphatic rings. The van der Waals surface area contributed by atoms with Gasteiger partial charge in [0.1, 0.15) is 5.82 Å². The molecule has 7 heteroatoms. The third-order valence-corrected chi connectivity index (χ3v) is 5.98. The van der Waals surface area contributed by atoms with E-state index in [1.807, 2.05) is 25.1 Å². The number of piperidine rings is 1. The monoisotopic (exact) mass is 403 g/mol. The van der Waals surface area contributed by atoms with E-state index in [0.717, 1.165) is 41.2 Å². The van der Waals surface area contributed by atoms with Gasteiger partial charge in [-0.2, -0.15) is 0 Å².